The minimum absolute atomic E-state index is 0. The molecule has 52 heavy (non-hydrogen) atoms. The molecule has 0 aliphatic carbocycles. The van der Waals surface area contributed by atoms with Gasteiger partial charge in [0, 0.05) is 44.3 Å². The number of carbonyl (C=O) groups excluding carboxylic acids is 3. The highest BCUT2D eigenvalue weighted by molar-refractivity contribution is 5.93. The van der Waals surface area contributed by atoms with Gasteiger partial charge in [0.15, 0.2) is 0 Å². The molecule has 2 N–H and O–H groups in total. The van der Waals surface area contributed by atoms with Crippen LogP contribution in [0.2, 0.25) is 0 Å². The van der Waals surface area contributed by atoms with Crippen molar-refractivity contribution in [1.82, 2.24) is 15.1 Å². The first kappa shape index (κ1) is 39.7. The Kier molecular flexibility index (Phi) is 13.4. The van der Waals surface area contributed by atoms with Crippen LogP contribution in [0.3, 0.4) is 0 Å². The van der Waals surface area contributed by atoms with E-state index in [1.807, 2.05) is 54.6 Å². The first-order valence-electron chi connectivity index (χ1n) is 19.2. The van der Waals surface area contributed by atoms with E-state index in [9.17, 15) is 19.5 Å². The second kappa shape index (κ2) is 17.5. The zero-order valence-corrected chi connectivity index (χ0v) is 32.7. The molecule has 3 amide bonds. The average Bonchev–Trinajstić information content (AvgIpc) is 3.81. The van der Waals surface area contributed by atoms with Gasteiger partial charge in [-0.3, -0.25) is 14.4 Å². The van der Waals surface area contributed by atoms with Crippen LogP contribution in [0.25, 0.3) is 0 Å². The molecule has 3 aromatic rings. The highest BCUT2D eigenvalue weighted by Crippen LogP contribution is 2.43. The van der Waals surface area contributed by atoms with E-state index in [0.29, 0.717) is 31.3 Å². The third kappa shape index (κ3) is 8.64. The smallest absolute Gasteiger partial charge is 0.246 e. The maximum absolute atomic E-state index is 14.7. The molecule has 0 aromatic heterocycles. The van der Waals surface area contributed by atoms with E-state index in [4.69, 9.17) is 0 Å². The highest BCUT2D eigenvalue weighted by Gasteiger charge is 2.47. The molecule has 280 valence electrons. The fourth-order valence-corrected chi connectivity index (χ4v) is 9.26. The lowest BCUT2D eigenvalue weighted by Crippen LogP contribution is -3.00. The average molecular weight is 774 g/mol. The number of carbonyl (C=O) groups is 3. The summed E-state index contributed by atoms with van der Waals surface area (Å²) in [4.78, 5) is 46.0. The van der Waals surface area contributed by atoms with Crippen LogP contribution in [0.4, 0.5) is 0 Å². The van der Waals surface area contributed by atoms with Gasteiger partial charge in [-0.15, -0.1) is 0 Å². The standard InChI is InChI=1S/C43H56N4O4.BrH/c1-4-32(2)30-47(3)25-15-16-33(31-47)28-44-41(50)38-23-14-24-45(38)42(51)39-26-37(48)29-46(39)40(49)27-43(34-17-8-5-9-18-34,35-19-10-6-11-20-35)36-21-12-7-13-22-36;/h5-13,17-22,32-33,37-39,48H,4,14-16,23-31H2,1-3H3;1H/t32?,33-,37-,38-,39+,47?;/m1./s1. The Balaban J connectivity index is 0.00000523. The first-order valence-corrected chi connectivity index (χ1v) is 19.2. The van der Waals surface area contributed by atoms with Crippen LogP contribution in [-0.4, -0.2) is 102 Å². The first-order chi connectivity index (χ1) is 24.6. The number of amides is 3. The van der Waals surface area contributed by atoms with Crippen molar-refractivity contribution in [3.8, 4) is 0 Å². The molecule has 0 spiro atoms. The van der Waals surface area contributed by atoms with Crippen LogP contribution in [0, 0.1) is 11.8 Å². The summed E-state index contributed by atoms with van der Waals surface area (Å²) in [6.07, 6.45) is 4.22. The number of likely N-dealkylation sites (tertiary alicyclic amines) is 3. The Hall–Kier alpha value is -3.53. The number of rotatable bonds is 12. The van der Waals surface area contributed by atoms with Gasteiger partial charge in [-0.25, -0.2) is 0 Å². The minimum Gasteiger partial charge on any atom is -1.00 e. The van der Waals surface area contributed by atoms with Crippen LogP contribution in [0.15, 0.2) is 91.0 Å². The molecule has 0 radical (unpaired) electrons. The molecule has 0 saturated carbocycles. The molecular weight excluding hydrogens is 716 g/mol. The van der Waals surface area contributed by atoms with Crippen molar-refractivity contribution < 1.29 is 41.0 Å². The SMILES string of the molecule is CCC(C)C[N+]1(C)CCC[C@H](CNC(=O)[C@H]2CCCN2C(=O)[C@@H]2C[C@@H](O)CN2C(=O)CC(c2ccccc2)(c2ccccc2)c2ccccc2)C1.[Br-]. The van der Waals surface area contributed by atoms with Crippen LogP contribution in [-0.2, 0) is 19.8 Å². The van der Waals surface area contributed by atoms with E-state index in [-0.39, 0.29) is 54.1 Å². The van der Waals surface area contributed by atoms with Gasteiger partial charge in [0.1, 0.15) is 12.1 Å². The topological polar surface area (TPSA) is 89.9 Å². The van der Waals surface area contributed by atoms with Crippen LogP contribution in [0.1, 0.15) is 75.5 Å². The lowest BCUT2D eigenvalue weighted by Gasteiger charge is -2.43. The number of benzene rings is 3. The fourth-order valence-electron chi connectivity index (χ4n) is 9.26. The van der Waals surface area contributed by atoms with Crippen LogP contribution >= 0.6 is 0 Å². The summed E-state index contributed by atoms with van der Waals surface area (Å²) in [5.41, 5.74) is 2.12. The van der Waals surface area contributed by atoms with Crippen molar-refractivity contribution in [2.45, 2.75) is 82.4 Å². The van der Waals surface area contributed by atoms with Gasteiger partial charge in [-0.1, -0.05) is 105 Å². The molecule has 3 aromatic carbocycles. The molecule has 3 fully saturated rings. The van der Waals surface area contributed by atoms with Gasteiger partial charge in [-0.05, 0) is 48.8 Å². The highest BCUT2D eigenvalue weighted by atomic mass is 79.9. The number of aliphatic hydroxyl groups is 1. The molecule has 3 saturated heterocycles. The second-order valence-electron chi connectivity index (χ2n) is 15.8. The van der Waals surface area contributed by atoms with Crippen molar-refractivity contribution in [2.24, 2.45) is 11.8 Å². The number of hydrogen-bond donors (Lipinski definition) is 2. The van der Waals surface area contributed by atoms with Crippen molar-refractivity contribution in [2.75, 3.05) is 46.3 Å². The minimum atomic E-state index is -0.821. The Bertz CT molecular complexity index is 1530. The number of piperidine rings is 1. The summed E-state index contributed by atoms with van der Waals surface area (Å²) >= 11 is 0. The number of halogens is 1. The molecule has 6 rings (SSSR count). The molecule has 9 heteroatoms. The molecule has 6 atom stereocenters. The molecule has 3 heterocycles. The van der Waals surface area contributed by atoms with E-state index in [1.165, 1.54) is 13.0 Å². The van der Waals surface area contributed by atoms with E-state index < -0.39 is 23.6 Å². The Morgan fingerprint density at radius 2 is 1.44 bits per heavy atom. The second-order valence-corrected chi connectivity index (χ2v) is 15.8. The quantitative estimate of drug-likeness (QED) is 0.219. The monoisotopic (exact) mass is 772 g/mol. The van der Waals surface area contributed by atoms with Crippen molar-refractivity contribution in [1.29, 1.82) is 0 Å². The van der Waals surface area contributed by atoms with Gasteiger partial charge < -0.3 is 41.7 Å². The van der Waals surface area contributed by atoms with Crippen LogP contribution in [0.5, 0.6) is 0 Å². The molecule has 0 bridgehead atoms. The van der Waals surface area contributed by atoms with Gasteiger partial charge in [0.05, 0.1) is 38.2 Å². The number of nitrogens with one attached hydrogen (secondary N) is 1. The summed E-state index contributed by atoms with van der Waals surface area (Å²) in [5, 5.41) is 14.2. The maximum Gasteiger partial charge on any atom is 0.246 e. The predicted octanol–water partition coefficient (Wildman–Crippen LogP) is 2.39. The Labute approximate surface area is 320 Å². The third-order valence-electron chi connectivity index (χ3n) is 12.0. The summed E-state index contributed by atoms with van der Waals surface area (Å²) in [5.74, 6) is 0.554. The van der Waals surface area contributed by atoms with Gasteiger partial charge in [0.2, 0.25) is 17.7 Å². The molecule has 2 unspecified atom stereocenters. The lowest BCUT2D eigenvalue weighted by atomic mass is 9.67. The summed E-state index contributed by atoms with van der Waals surface area (Å²) in [6.45, 7) is 9.17. The van der Waals surface area contributed by atoms with Crippen molar-refractivity contribution in [3.05, 3.63) is 108 Å². The third-order valence-corrected chi connectivity index (χ3v) is 12.0. The fraction of sp³-hybridized carbons (Fsp3) is 0.512. The van der Waals surface area contributed by atoms with Crippen molar-refractivity contribution in [3.63, 3.8) is 0 Å². The van der Waals surface area contributed by atoms with Gasteiger partial charge in [0.25, 0.3) is 0 Å². The number of nitrogens with zero attached hydrogens (tertiary/aromatic N) is 3. The predicted molar refractivity (Wildman–Crippen MR) is 201 cm³/mol. The van der Waals surface area contributed by atoms with Gasteiger partial charge in [-0.2, -0.15) is 0 Å². The summed E-state index contributed by atoms with van der Waals surface area (Å²) in [6, 6.07) is 28.8. The Morgan fingerprint density at radius 3 is 2.00 bits per heavy atom. The van der Waals surface area contributed by atoms with Crippen LogP contribution < -0.4 is 22.3 Å². The van der Waals surface area contributed by atoms with E-state index in [1.54, 1.807) is 9.80 Å². The molecule has 3 aliphatic heterocycles. The Morgan fingerprint density at radius 1 is 0.865 bits per heavy atom. The largest absolute Gasteiger partial charge is 1.00 e. The normalized spacial score (nSPS) is 25.3. The summed E-state index contributed by atoms with van der Waals surface area (Å²) < 4.78 is 1.05. The summed E-state index contributed by atoms with van der Waals surface area (Å²) in [7, 11) is 2.35. The number of hydrogen-bond acceptors (Lipinski definition) is 4. The number of aliphatic hydroxyl groups excluding tert-OH is 1. The lowest BCUT2D eigenvalue weighted by molar-refractivity contribution is -0.920. The molecule has 8 nitrogen and oxygen atoms in total. The molecule has 3 aliphatic rings. The van der Waals surface area contributed by atoms with E-state index in [0.717, 1.165) is 53.5 Å². The zero-order chi connectivity index (χ0) is 36.0. The zero-order valence-electron chi connectivity index (χ0n) is 31.1. The maximum atomic E-state index is 14.7. The van der Waals surface area contributed by atoms with Gasteiger partial charge >= 0.3 is 0 Å². The molecular formula is C43H57BrN4O4. The number of β-amino-alcohol motifs (C(OH)–C–C–N with tert-alkyl or cyclic N) is 1. The van der Waals surface area contributed by atoms with E-state index in [2.05, 4.69) is 62.6 Å². The van der Waals surface area contributed by atoms with E-state index >= 15 is 0 Å². The van der Waals surface area contributed by atoms with Crippen molar-refractivity contribution >= 4 is 17.7 Å². The number of quaternary nitrogens is 1.